The smallest absolute Gasteiger partial charge is 0.0188 e. The number of aryl methyl sites for hydroxylation is 3. The third-order valence-corrected chi connectivity index (χ3v) is 4.61. The molecule has 0 amide bonds. The molecule has 21 heavy (non-hydrogen) atoms. The van der Waals surface area contributed by atoms with Crippen LogP contribution in [0.1, 0.15) is 59.9 Å². The van der Waals surface area contributed by atoms with Crippen molar-refractivity contribution in [3.05, 3.63) is 70.3 Å². The number of hydrogen-bond donors (Lipinski definition) is 0. The molecule has 0 nitrogen and oxygen atoms in total. The zero-order valence-electron chi connectivity index (χ0n) is 13.9. The number of unbranched alkanes of at least 4 members (excludes halogenated alkanes) is 1. The minimum Gasteiger partial charge on any atom is -0.0617 e. The molecule has 0 bridgehead atoms. The van der Waals surface area contributed by atoms with Crippen LogP contribution in [0.25, 0.3) is 0 Å². The van der Waals surface area contributed by atoms with Gasteiger partial charge in [0.05, 0.1) is 0 Å². The summed E-state index contributed by atoms with van der Waals surface area (Å²) in [4.78, 5) is 0. The molecule has 2 aromatic carbocycles. The van der Waals surface area contributed by atoms with Crippen molar-refractivity contribution in [1.29, 1.82) is 0 Å². The van der Waals surface area contributed by atoms with Gasteiger partial charge in [-0.05, 0) is 68.2 Å². The van der Waals surface area contributed by atoms with Crippen molar-refractivity contribution in [2.75, 3.05) is 0 Å². The van der Waals surface area contributed by atoms with Crippen molar-refractivity contribution >= 4 is 0 Å². The van der Waals surface area contributed by atoms with E-state index in [1.807, 2.05) is 0 Å². The molecule has 2 aromatic rings. The summed E-state index contributed by atoms with van der Waals surface area (Å²) in [6.45, 7) is 9.01. The monoisotopic (exact) mass is 280 g/mol. The van der Waals surface area contributed by atoms with Crippen molar-refractivity contribution in [2.24, 2.45) is 0 Å². The quantitative estimate of drug-likeness (QED) is 0.558. The lowest BCUT2D eigenvalue weighted by molar-refractivity contribution is 0.602. The summed E-state index contributed by atoms with van der Waals surface area (Å²) in [6, 6.07) is 15.6. The van der Waals surface area contributed by atoms with Gasteiger partial charge in [0, 0.05) is 0 Å². The van der Waals surface area contributed by atoms with Crippen LogP contribution in [-0.2, 0) is 6.42 Å². The third kappa shape index (κ3) is 4.46. The highest BCUT2D eigenvalue weighted by Gasteiger charge is 2.09. The Morgan fingerprint density at radius 1 is 0.905 bits per heavy atom. The Labute approximate surface area is 130 Å². The molecule has 0 aliphatic carbocycles. The van der Waals surface area contributed by atoms with Gasteiger partial charge < -0.3 is 0 Å². The third-order valence-electron chi connectivity index (χ3n) is 4.61. The number of hydrogen-bond acceptors (Lipinski definition) is 0. The van der Waals surface area contributed by atoms with Gasteiger partial charge in [-0.25, -0.2) is 0 Å². The minimum atomic E-state index is 0.669. The normalized spacial score (nSPS) is 12.4. The standard InChI is InChI=1S/C21H28/c1-16-9-7-13-20(15-16)12-6-5-10-18(3)21-14-8-11-17(2)19(21)4/h7-9,11,13-15,18H,5-6,10,12H2,1-4H3/t18-/m0/s1. The van der Waals surface area contributed by atoms with E-state index in [4.69, 9.17) is 0 Å². The molecule has 0 heterocycles. The van der Waals surface area contributed by atoms with Crippen LogP contribution in [0.4, 0.5) is 0 Å². The Kier molecular flexibility index (Phi) is 5.61. The first-order chi connectivity index (χ1) is 10.1. The average molecular weight is 280 g/mol. The first kappa shape index (κ1) is 15.8. The zero-order valence-corrected chi connectivity index (χ0v) is 13.9. The van der Waals surface area contributed by atoms with E-state index in [0.717, 1.165) is 0 Å². The SMILES string of the molecule is Cc1cccc(CCCC[C@H](C)c2cccc(C)c2C)c1. The second-order valence-electron chi connectivity index (χ2n) is 6.43. The van der Waals surface area contributed by atoms with Gasteiger partial charge in [0.25, 0.3) is 0 Å². The maximum Gasteiger partial charge on any atom is -0.0188 e. The van der Waals surface area contributed by atoms with Crippen LogP contribution in [0, 0.1) is 20.8 Å². The maximum atomic E-state index is 2.37. The molecule has 0 spiro atoms. The summed E-state index contributed by atoms with van der Waals surface area (Å²) < 4.78 is 0. The predicted molar refractivity (Wildman–Crippen MR) is 93.1 cm³/mol. The average Bonchev–Trinajstić information content (AvgIpc) is 2.46. The van der Waals surface area contributed by atoms with Crippen LogP contribution < -0.4 is 0 Å². The lowest BCUT2D eigenvalue weighted by Crippen LogP contribution is -1.99. The van der Waals surface area contributed by atoms with E-state index >= 15 is 0 Å². The summed E-state index contributed by atoms with van der Waals surface area (Å²) in [5.41, 5.74) is 7.28. The summed E-state index contributed by atoms with van der Waals surface area (Å²) in [7, 11) is 0. The molecule has 0 unspecified atom stereocenters. The van der Waals surface area contributed by atoms with Crippen molar-refractivity contribution in [2.45, 2.75) is 59.3 Å². The lowest BCUT2D eigenvalue weighted by Gasteiger charge is -2.16. The molecule has 0 aromatic heterocycles. The molecule has 0 radical (unpaired) electrons. The Hall–Kier alpha value is -1.56. The van der Waals surface area contributed by atoms with E-state index in [0.29, 0.717) is 5.92 Å². The van der Waals surface area contributed by atoms with Crippen molar-refractivity contribution < 1.29 is 0 Å². The highest BCUT2D eigenvalue weighted by molar-refractivity contribution is 5.35. The number of benzene rings is 2. The number of rotatable bonds is 6. The fourth-order valence-corrected chi connectivity index (χ4v) is 3.11. The lowest BCUT2D eigenvalue weighted by atomic mass is 9.89. The van der Waals surface area contributed by atoms with E-state index in [1.54, 1.807) is 0 Å². The highest BCUT2D eigenvalue weighted by Crippen LogP contribution is 2.26. The van der Waals surface area contributed by atoms with Gasteiger partial charge in [-0.3, -0.25) is 0 Å². The minimum absolute atomic E-state index is 0.669. The fourth-order valence-electron chi connectivity index (χ4n) is 3.11. The second-order valence-corrected chi connectivity index (χ2v) is 6.43. The van der Waals surface area contributed by atoms with Gasteiger partial charge in [0.1, 0.15) is 0 Å². The Morgan fingerprint density at radius 3 is 2.43 bits per heavy atom. The van der Waals surface area contributed by atoms with Gasteiger partial charge in [-0.2, -0.15) is 0 Å². The summed E-state index contributed by atoms with van der Waals surface area (Å²) in [6.07, 6.45) is 5.10. The van der Waals surface area contributed by atoms with Gasteiger partial charge in [-0.1, -0.05) is 61.4 Å². The van der Waals surface area contributed by atoms with Gasteiger partial charge in [-0.15, -0.1) is 0 Å². The first-order valence-corrected chi connectivity index (χ1v) is 8.19. The van der Waals surface area contributed by atoms with Crippen LogP contribution in [0.3, 0.4) is 0 Å². The van der Waals surface area contributed by atoms with Gasteiger partial charge >= 0.3 is 0 Å². The highest BCUT2D eigenvalue weighted by atomic mass is 14.1. The van der Waals surface area contributed by atoms with E-state index in [-0.39, 0.29) is 0 Å². The molecule has 0 aliphatic heterocycles. The predicted octanol–water partition coefficient (Wildman–Crippen LogP) is 6.13. The summed E-state index contributed by atoms with van der Waals surface area (Å²) in [5.74, 6) is 0.669. The molecule has 0 saturated carbocycles. The van der Waals surface area contributed by atoms with Crippen LogP contribution in [0.15, 0.2) is 42.5 Å². The molecule has 0 N–H and O–H groups in total. The Morgan fingerprint density at radius 2 is 1.67 bits per heavy atom. The van der Waals surface area contributed by atoms with Crippen molar-refractivity contribution in [3.63, 3.8) is 0 Å². The van der Waals surface area contributed by atoms with Crippen LogP contribution >= 0.6 is 0 Å². The topological polar surface area (TPSA) is 0 Å². The fraction of sp³-hybridized carbons (Fsp3) is 0.429. The summed E-state index contributed by atoms with van der Waals surface area (Å²) >= 11 is 0. The van der Waals surface area contributed by atoms with E-state index in [2.05, 4.69) is 70.2 Å². The molecular weight excluding hydrogens is 252 g/mol. The second kappa shape index (κ2) is 7.45. The van der Waals surface area contributed by atoms with Crippen LogP contribution in [-0.4, -0.2) is 0 Å². The van der Waals surface area contributed by atoms with Crippen LogP contribution in [0.5, 0.6) is 0 Å². The molecule has 0 fully saturated rings. The Balaban J connectivity index is 1.82. The van der Waals surface area contributed by atoms with E-state index < -0.39 is 0 Å². The van der Waals surface area contributed by atoms with Crippen molar-refractivity contribution in [1.82, 2.24) is 0 Å². The molecular formula is C21H28. The Bertz CT molecular complexity index is 580. The van der Waals surface area contributed by atoms with Crippen LogP contribution in [0.2, 0.25) is 0 Å². The zero-order chi connectivity index (χ0) is 15.2. The molecule has 0 aliphatic rings. The van der Waals surface area contributed by atoms with E-state index in [1.165, 1.54) is 53.5 Å². The summed E-state index contributed by atoms with van der Waals surface area (Å²) in [5, 5.41) is 0. The molecule has 0 heteroatoms. The van der Waals surface area contributed by atoms with Gasteiger partial charge in [0.2, 0.25) is 0 Å². The molecule has 1 atom stereocenters. The largest absolute Gasteiger partial charge is 0.0617 e. The molecule has 2 rings (SSSR count). The molecule has 112 valence electrons. The van der Waals surface area contributed by atoms with Gasteiger partial charge in [0.15, 0.2) is 0 Å². The maximum absolute atomic E-state index is 2.37. The van der Waals surface area contributed by atoms with E-state index in [9.17, 15) is 0 Å². The molecule has 0 saturated heterocycles. The first-order valence-electron chi connectivity index (χ1n) is 8.19. The van der Waals surface area contributed by atoms with Crippen molar-refractivity contribution in [3.8, 4) is 0 Å².